The summed E-state index contributed by atoms with van der Waals surface area (Å²) in [4.78, 5) is 23.9. The Morgan fingerprint density at radius 1 is 1.03 bits per heavy atom. The number of thioether (sulfide) groups is 1. The van der Waals surface area contributed by atoms with Gasteiger partial charge in [0.05, 0.1) is 12.5 Å². The lowest BCUT2D eigenvalue weighted by molar-refractivity contribution is -0.139. The molecule has 0 aliphatic heterocycles. The second-order valence-corrected chi connectivity index (χ2v) is 9.04. The van der Waals surface area contributed by atoms with Crippen molar-refractivity contribution in [3.63, 3.8) is 0 Å². The maximum absolute atomic E-state index is 12.3. The third-order valence-electron chi connectivity index (χ3n) is 5.70. The Hall–Kier alpha value is -2.51. The van der Waals surface area contributed by atoms with Crippen molar-refractivity contribution in [1.82, 2.24) is 5.32 Å². The average Bonchev–Trinajstić information content (AvgIpc) is 3.55. The summed E-state index contributed by atoms with van der Waals surface area (Å²) in [6, 6.07) is 15.2. The number of nitrogens with one attached hydrogen (secondary N) is 1. The maximum atomic E-state index is 12.3. The van der Waals surface area contributed by atoms with Gasteiger partial charge in [-0.1, -0.05) is 48.5 Å². The Bertz CT molecular complexity index is 884. The van der Waals surface area contributed by atoms with E-state index in [0.29, 0.717) is 24.0 Å². The highest BCUT2D eigenvalue weighted by Crippen LogP contribution is 2.44. The molecule has 2 aromatic carbocycles. The number of fused-ring (bicyclic) bond motifs is 3. The topological polar surface area (TPSA) is 84.9 Å². The zero-order valence-electron chi connectivity index (χ0n) is 17.3. The van der Waals surface area contributed by atoms with Crippen LogP contribution >= 0.6 is 11.8 Å². The van der Waals surface area contributed by atoms with Crippen molar-refractivity contribution in [2.45, 2.75) is 31.2 Å². The number of hydrogen-bond donors (Lipinski definition) is 2. The van der Waals surface area contributed by atoms with Crippen molar-refractivity contribution in [2.75, 3.05) is 24.9 Å². The highest BCUT2D eigenvalue weighted by Gasteiger charge is 2.29. The summed E-state index contributed by atoms with van der Waals surface area (Å²) in [7, 11) is 0. The van der Waals surface area contributed by atoms with Gasteiger partial charge in [-0.2, -0.15) is 0 Å². The fraction of sp³-hybridized carbons (Fsp3) is 0.417. The number of rotatable bonds is 11. The minimum Gasteiger partial charge on any atom is -0.480 e. The molecule has 1 fully saturated rings. The lowest BCUT2D eigenvalue weighted by Gasteiger charge is -2.17. The molecule has 0 heterocycles. The van der Waals surface area contributed by atoms with Crippen LogP contribution in [-0.2, 0) is 14.3 Å². The van der Waals surface area contributed by atoms with E-state index in [1.54, 1.807) is 0 Å². The summed E-state index contributed by atoms with van der Waals surface area (Å²) < 4.78 is 11.0. The quantitative estimate of drug-likeness (QED) is 0.395. The Morgan fingerprint density at radius 2 is 1.68 bits per heavy atom. The van der Waals surface area contributed by atoms with E-state index in [-0.39, 0.29) is 12.5 Å². The molecular weight excluding hydrogens is 414 g/mol. The van der Waals surface area contributed by atoms with Crippen LogP contribution in [0, 0.1) is 5.92 Å². The van der Waals surface area contributed by atoms with Gasteiger partial charge in [0.15, 0.2) is 0 Å². The fourth-order valence-corrected chi connectivity index (χ4v) is 4.59. The molecule has 0 bridgehead atoms. The highest BCUT2D eigenvalue weighted by atomic mass is 32.2. The number of carboxylic acids is 1. The molecule has 1 atom stereocenters. The summed E-state index contributed by atoms with van der Waals surface area (Å²) in [5.74, 6) is 0.732. The molecule has 164 valence electrons. The predicted molar refractivity (Wildman–Crippen MR) is 120 cm³/mol. The highest BCUT2D eigenvalue weighted by molar-refractivity contribution is 7.99. The minimum atomic E-state index is -1.06. The zero-order chi connectivity index (χ0) is 21.6. The number of carbonyl (C=O) groups is 2. The second kappa shape index (κ2) is 10.2. The van der Waals surface area contributed by atoms with E-state index >= 15 is 0 Å². The standard InChI is InChI=1S/C24H27NO5S/c26-23(27)22(11-12-31-15-29-13-16-9-10-16)25-24(28)30-14-21-19-7-3-1-5-17(19)18-6-2-4-8-20(18)21/h1-8,16,21-22H,9-15H2,(H,25,28)(H,26,27). The van der Waals surface area contributed by atoms with Crippen molar-refractivity contribution in [3.8, 4) is 11.1 Å². The monoisotopic (exact) mass is 441 g/mol. The van der Waals surface area contributed by atoms with Gasteiger partial charge in [0.1, 0.15) is 12.6 Å². The number of carboxylic acid groups (broad SMARTS) is 1. The summed E-state index contributed by atoms with van der Waals surface area (Å²) in [5.41, 5.74) is 4.54. The number of ether oxygens (including phenoxy) is 2. The van der Waals surface area contributed by atoms with Crippen molar-refractivity contribution in [2.24, 2.45) is 5.92 Å². The van der Waals surface area contributed by atoms with Crippen LogP contribution in [0.2, 0.25) is 0 Å². The maximum Gasteiger partial charge on any atom is 0.407 e. The van der Waals surface area contributed by atoms with E-state index < -0.39 is 18.1 Å². The Balaban J connectivity index is 1.26. The predicted octanol–water partition coefficient (Wildman–Crippen LogP) is 4.49. The molecule has 0 radical (unpaired) electrons. The molecule has 1 amide bonds. The third kappa shape index (κ3) is 5.60. The van der Waals surface area contributed by atoms with Crippen molar-refractivity contribution < 1.29 is 24.2 Å². The van der Waals surface area contributed by atoms with E-state index in [2.05, 4.69) is 17.4 Å². The van der Waals surface area contributed by atoms with Gasteiger partial charge >= 0.3 is 12.1 Å². The lowest BCUT2D eigenvalue weighted by Crippen LogP contribution is -2.41. The number of alkyl carbamates (subject to hydrolysis) is 1. The van der Waals surface area contributed by atoms with Crippen LogP contribution in [-0.4, -0.2) is 48.1 Å². The first-order valence-corrected chi connectivity index (χ1v) is 11.8. The van der Waals surface area contributed by atoms with Gasteiger partial charge in [-0.3, -0.25) is 0 Å². The molecule has 2 N–H and O–H groups in total. The van der Waals surface area contributed by atoms with Gasteiger partial charge in [0, 0.05) is 5.92 Å². The summed E-state index contributed by atoms with van der Waals surface area (Å²) in [5, 5.41) is 11.9. The van der Waals surface area contributed by atoms with Gasteiger partial charge in [-0.25, -0.2) is 9.59 Å². The molecule has 0 spiro atoms. The molecule has 0 aromatic heterocycles. The molecule has 2 aromatic rings. The summed E-state index contributed by atoms with van der Waals surface area (Å²) in [6.07, 6.45) is 2.10. The number of amides is 1. The van der Waals surface area contributed by atoms with E-state index in [9.17, 15) is 14.7 Å². The molecule has 1 unspecified atom stereocenters. The fourth-order valence-electron chi connectivity index (χ4n) is 3.86. The van der Waals surface area contributed by atoms with Gasteiger partial charge in [-0.05, 0) is 53.2 Å². The van der Waals surface area contributed by atoms with Crippen molar-refractivity contribution in [1.29, 1.82) is 0 Å². The molecule has 7 heteroatoms. The van der Waals surface area contributed by atoms with Crippen LogP contribution < -0.4 is 5.32 Å². The van der Waals surface area contributed by atoms with Crippen LogP contribution in [0.1, 0.15) is 36.3 Å². The Kier molecular flexibility index (Phi) is 7.14. The van der Waals surface area contributed by atoms with Crippen LogP contribution in [0.15, 0.2) is 48.5 Å². The number of aliphatic carboxylic acids is 1. The van der Waals surface area contributed by atoms with Gasteiger partial charge < -0.3 is 19.9 Å². The molecule has 6 nitrogen and oxygen atoms in total. The molecule has 2 aliphatic carbocycles. The zero-order valence-corrected chi connectivity index (χ0v) is 18.1. The third-order valence-corrected chi connectivity index (χ3v) is 6.56. The van der Waals surface area contributed by atoms with E-state index in [0.717, 1.165) is 28.9 Å². The van der Waals surface area contributed by atoms with Crippen LogP contribution in [0.25, 0.3) is 11.1 Å². The lowest BCUT2D eigenvalue weighted by atomic mass is 9.98. The van der Waals surface area contributed by atoms with Crippen molar-refractivity contribution >= 4 is 23.8 Å². The second-order valence-electron chi connectivity index (χ2n) is 7.99. The smallest absolute Gasteiger partial charge is 0.407 e. The van der Waals surface area contributed by atoms with Gasteiger partial charge in [0.2, 0.25) is 0 Å². The first kappa shape index (κ1) is 21.7. The molecule has 31 heavy (non-hydrogen) atoms. The van der Waals surface area contributed by atoms with Crippen molar-refractivity contribution in [3.05, 3.63) is 59.7 Å². The van der Waals surface area contributed by atoms with Crippen LogP contribution in [0.4, 0.5) is 4.79 Å². The first-order valence-electron chi connectivity index (χ1n) is 10.6. The molecule has 0 saturated heterocycles. The summed E-state index contributed by atoms with van der Waals surface area (Å²) in [6.45, 7) is 0.948. The number of hydrogen-bond acceptors (Lipinski definition) is 5. The number of benzene rings is 2. The first-order chi connectivity index (χ1) is 15.1. The Morgan fingerprint density at radius 3 is 2.29 bits per heavy atom. The van der Waals surface area contributed by atoms with Crippen LogP contribution in [0.5, 0.6) is 0 Å². The normalized spacial score (nSPS) is 15.7. The molecule has 4 rings (SSSR count). The van der Waals surface area contributed by atoms with E-state index in [1.807, 2.05) is 36.4 Å². The number of carbonyl (C=O) groups excluding carboxylic acids is 1. The molecular formula is C24H27NO5S. The molecule has 2 aliphatic rings. The van der Waals surface area contributed by atoms with Crippen LogP contribution in [0.3, 0.4) is 0 Å². The molecule has 1 saturated carbocycles. The van der Waals surface area contributed by atoms with E-state index in [4.69, 9.17) is 9.47 Å². The largest absolute Gasteiger partial charge is 0.480 e. The average molecular weight is 442 g/mol. The van der Waals surface area contributed by atoms with Gasteiger partial charge in [0.25, 0.3) is 0 Å². The SMILES string of the molecule is O=C(NC(CCSCOCC1CC1)C(=O)O)OCC1c2ccccc2-c2ccccc21. The van der Waals surface area contributed by atoms with Gasteiger partial charge in [-0.15, -0.1) is 11.8 Å². The van der Waals surface area contributed by atoms with E-state index in [1.165, 1.54) is 24.6 Å². The minimum absolute atomic E-state index is 0.0550. The Labute approximate surface area is 186 Å². The summed E-state index contributed by atoms with van der Waals surface area (Å²) >= 11 is 1.54.